The third kappa shape index (κ3) is 4.06. The fourth-order valence-corrected chi connectivity index (χ4v) is 4.78. The molecule has 2 aromatic rings. The molecule has 1 aliphatic carbocycles. The second-order valence-corrected chi connectivity index (χ2v) is 9.48. The van der Waals surface area contributed by atoms with Gasteiger partial charge in [0.25, 0.3) is 5.69 Å². The molecule has 0 fully saturated rings. The number of ketones is 1. The molecule has 0 radical (unpaired) electrons. The Bertz CT molecular complexity index is 1250. The molecule has 1 atom stereocenters. The monoisotopic (exact) mass is 470 g/mol. The molecule has 1 aromatic carbocycles. The number of halogens is 1. The maximum atomic E-state index is 13.2. The summed E-state index contributed by atoms with van der Waals surface area (Å²) in [5, 5.41) is 15.0. The summed E-state index contributed by atoms with van der Waals surface area (Å²) in [7, 11) is 1.28. The Morgan fingerprint density at radius 1 is 1.27 bits per heavy atom. The van der Waals surface area contributed by atoms with Crippen LogP contribution in [0.1, 0.15) is 45.3 Å². The van der Waals surface area contributed by atoms with Crippen molar-refractivity contribution in [3.63, 3.8) is 0 Å². The summed E-state index contributed by atoms with van der Waals surface area (Å²) in [4.78, 5) is 37.0. The van der Waals surface area contributed by atoms with Crippen molar-refractivity contribution in [1.82, 2.24) is 5.32 Å². The van der Waals surface area contributed by atoms with Crippen LogP contribution in [0.4, 0.5) is 5.69 Å². The number of benzene rings is 1. The summed E-state index contributed by atoms with van der Waals surface area (Å²) < 4.78 is 11.1. The van der Waals surface area contributed by atoms with Gasteiger partial charge < -0.3 is 14.5 Å². The lowest BCUT2D eigenvalue weighted by atomic mass is 9.69. The Hall–Kier alpha value is -3.39. The van der Waals surface area contributed by atoms with Crippen LogP contribution in [0.5, 0.6) is 0 Å². The zero-order valence-electron chi connectivity index (χ0n) is 18.7. The van der Waals surface area contributed by atoms with Gasteiger partial charge in [0.15, 0.2) is 5.78 Å². The molecule has 9 heteroatoms. The van der Waals surface area contributed by atoms with E-state index in [1.807, 2.05) is 13.8 Å². The first-order valence-electron chi connectivity index (χ1n) is 10.4. The molecule has 8 nitrogen and oxygen atoms in total. The van der Waals surface area contributed by atoms with Crippen molar-refractivity contribution >= 4 is 29.0 Å². The molecule has 0 spiro atoms. The van der Waals surface area contributed by atoms with Gasteiger partial charge in [-0.15, -0.1) is 0 Å². The Kier molecular flexibility index (Phi) is 5.66. The van der Waals surface area contributed by atoms with Gasteiger partial charge in [-0.1, -0.05) is 25.4 Å². The topological polar surface area (TPSA) is 112 Å². The van der Waals surface area contributed by atoms with Crippen LogP contribution in [-0.2, 0) is 14.3 Å². The average Bonchev–Trinajstić information content (AvgIpc) is 3.20. The van der Waals surface area contributed by atoms with Crippen LogP contribution in [0.25, 0.3) is 11.3 Å². The number of ether oxygens (including phenoxy) is 1. The number of nitrogens with zero attached hydrogens (tertiary/aromatic N) is 1. The van der Waals surface area contributed by atoms with Gasteiger partial charge in [0.05, 0.1) is 29.1 Å². The minimum atomic E-state index is -0.780. The van der Waals surface area contributed by atoms with Gasteiger partial charge in [0, 0.05) is 34.5 Å². The van der Waals surface area contributed by atoms with E-state index in [-0.39, 0.29) is 38.8 Å². The number of allylic oxidation sites excluding steroid dienone is 3. The molecule has 172 valence electrons. The molecule has 33 heavy (non-hydrogen) atoms. The maximum absolute atomic E-state index is 13.2. The highest BCUT2D eigenvalue weighted by Crippen LogP contribution is 2.48. The van der Waals surface area contributed by atoms with Crippen molar-refractivity contribution in [1.29, 1.82) is 0 Å². The zero-order chi connectivity index (χ0) is 24.1. The lowest BCUT2D eigenvalue weighted by molar-refractivity contribution is -0.384. The smallest absolute Gasteiger partial charge is 0.336 e. The van der Waals surface area contributed by atoms with E-state index in [0.29, 0.717) is 29.9 Å². The highest BCUT2D eigenvalue weighted by Gasteiger charge is 2.44. The second kappa shape index (κ2) is 8.19. The van der Waals surface area contributed by atoms with Crippen LogP contribution >= 0.6 is 11.6 Å². The molecule has 0 amide bonds. The predicted octanol–water partition coefficient (Wildman–Crippen LogP) is 5.29. The van der Waals surface area contributed by atoms with Crippen LogP contribution in [-0.4, -0.2) is 23.8 Å². The van der Waals surface area contributed by atoms with Crippen molar-refractivity contribution in [2.75, 3.05) is 7.11 Å². The number of hydrogen-bond donors (Lipinski definition) is 1. The minimum absolute atomic E-state index is 0.0805. The SMILES string of the molecule is COC(=O)C1=C(C)NC2=C(C(=O)CC(C)(C)C2)[C@@H]1c1ccc(-c2ccc(Cl)cc2[N+](=O)[O-])o1. The van der Waals surface area contributed by atoms with Gasteiger partial charge in [-0.25, -0.2) is 4.79 Å². The van der Waals surface area contributed by atoms with Gasteiger partial charge in [-0.05, 0) is 43.0 Å². The molecule has 2 heterocycles. The standard InChI is InChI=1S/C24H23ClN2O6/c1-12-20(23(29)32-4)22(21-15(26-12)10-24(2,3)11-17(21)28)19-8-7-18(33-19)14-6-5-13(25)9-16(14)27(30)31/h5-9,22,26H,10-11H2,1-4H3/t22-/m1/s1. The number of nitrogens with one attached hydrogen (secondary N) is 1. The number of nitro benzene ring substituents is 1. The van der Waals surface area contributed by atoms with Crippen LogP contribution in [0.2, 0.25) is 5.02 Å². The zero-order valence-corrected chi connectivity index (χ0v) is 19.4. The number of nitro groups is 1. The number of rotatable bonds is 4. The van der Waals surface area contributed by atoms with Gasteiger partial charge in [-0.2, -0.15) is 0 Å². The van der Waals surface area contributed by atoms with Gasteiger partial charge in [-0.3, -0.25) is 14.9 Å². The van der Waals surface area contributed by atoms with E-state index >= 15 is 0 Å². The Morgan fingerprint density at radius 2 is 2.00 bits per heavy atom. The highest BCUT2D eigenvalue weighted by molar-refractivity contribution is 6.30. The lowest BCUT2D eigenvalue weighted by Gasteiger charge is -2.38. The van der Waals surface area contributed by atoms with Crippen molar-refractivity contribution in [3.05, 3.63) is 73.8 Å². The van der Waals surface area contributed by atoms with E-state index in [1.165, 1.54) is 25.3 Å². The summed E-state index contributed by atoms with van der Waals surface area (Å²) in [5.41, 5.74) is 1.88. The molecule has 0 unspecified atom stereocenters. The van der Waals surface area contributed by atoms with Crippen LogP contribution in [0, 0.1) is 15.5 Å². The fourth-order valence-electron chi connectivity index (χ4n) is 4.62. The third-order valence-electron chi connectivity index (χ3n) is 5.98. The number of hydrogen-bond acceptors (Lipinski definition) is 7. The number of Topliss-reactive ketones (excluding diaryl/α,β-unsaturated/α-hetero) is 1. The van der Waals surface area contributed by atoms with Gasteiger partial charge >= 0.3 is 5.97 Å². The second-order valence-electron chi connectivity index (χ2n) is 9.04. The predicted molar refractivity (Wildman–Crippen MR) is 121 cm³/mol. The number of methoxy groups -OCH3 is 1. The molecule has 2 aliphatic rings. The number of esters is 1. The molecule has 1 aromatic heterocycles. The third-order valence-corrected chi connectivity index (χ3v) is 6.21. The Labute approximate surface area is 195 Å². The van der Waals surface area contributed by atoms with Crippen LogP contribution < -0.4 is 5.32 Å². The Balaban J connectivity index is 1.87. The van der Waals surface area contributed by atoms with Crippen molar-refractivity contribution in [3.8, 4) is 11.3 Å². The fraction of sp³-hybridized carbons (Fsp3) is 0.333. The number of dihydropyridines is 1. The van der Waals surface area contributed by atoms with E-state index in [2.05, 4.69) is 5.32 Å². The van der Waals surface area contributed by atoms with E-state index in [0.717, 1.165) is 5.70 Å². The van der Waals surface area contributed by atoms with E-state index in [9.17, 15) is 19.7 Å². The molecule has 1 N–H and O–H groups in total. The first-order chi connectivity index (χ1) is 15.5. The summed E-state index contributed by atoms with van der Waals surface area (Å²) in [6.45, 7) is 5.79. The maximum Gasteiger partial charge on any atom is 0.336 e. The summed E-state index contributed by atoms with van der Waals surface area (Å²) >= 11 is 5.93. The molecular formula is C24H23ClN2O6. The molecular weight excluding hydrogens is 448 g/mol. The summed E-state index contributed by atoms with van der Waals surface area (Å²) in [5.74, 6) is -0.874. The summed E-state index contributed by atoms with van der Waals surface area (Å²) in [6.07, 6.45) is 0.959. The lowest BCUT2D eigenvalue weighted by Crippen LogP contribution is -2.38. The van der Waals surface area contributed by atoms with Crippen molar-refractivity contribution in [2.24, 2.45) is 5.41 Å². The molecule has 4 rings (SSSR count). The molecule has 0 saturated carbocycles. The molecule has 1 aliphatic heterocycles. The molecule has 0 bridgehead atoms. The van der Waals surface area contributed by atoms with Gasteiger partial charge in [0.2, 0.25) is 0 Å². The van der Waals surface area contributed by atoms with E-state index < -0.39 is 16.8 Å². The molecule has 0 saturated heterocycles. The van der Waals surface area contributed by atoms with Crippen LogP contribution in [0.15, 0.2) is 57.3 Å². The number of furan rings is 1. The van der Waals surface area contributed by atoms with Crippen LogP contribution in [0.3, 0.4) is 0 Å². The van der Waals surface area contributed by atoms with E-state index in [4.69, 9.17) is 20.8 Å². The number of carbonyl (C=O) groups is 2. The van der Waals surface area contributed by atoms with Crippen molar-refractivity contribution < 1.29 is 23.7 Å². The normalized spacial score (nSPS) is 19.8. The minimum Gasteiger partial charge on any atom is -0.466 e. The first kappa shape index (κ1) is 22.8. The van der Waals surface area contributed by atoms with Gasteiger partial charge in [0.1, 0.15) is 11.5 Å². The number of carbonyl (C=O) groups excluding carboxylic acids is 2. The largest absolute Gasteiger partial charge is 0.466 e. The van der Waals surface area contributed by atoms with E-state index in [1.54, 1.807) is 19.1 Å². The first-order valence-corrected chi connectivity index (χ1v) is 10.8. The Morgan fingerprint density at radius 3 is 2.67 bits per heavy atom. The van der Waals surface area contributed by atoms with Crippen molar-refractivity contribution in [2.45, 2.75) is 39.5 Å². The highest BCUT2D eigenvalue weighted by atomic mass is 35.5. The summed E-state index contributed by atoms with van der Waals surface area (Å²) in [6, 6.07) is 7.52. The average molecular weight is 471 g/mol. The quantitative estimate of drug-likeness (QED) is 0.367.